The van der Waals surface area contributed by atoms with Crippen molar-refractivity contribution in [2.75, 3.05) is 31.1 Å². The SMILES string of the molecule is Cc1nc(N2CCNCC2)cc(-n2ccnc2C)n1. The van der Waals surface area contributed by atoms with Crippen molar-refractivity contribution in [2.45, 2.75) is 13.8 Å². The van der Waals surface area contributed by atoms with Gasteiger partial charge in [0.05, 0.1) is 0 Å². The highest BCUT2D eigenvalue weighted by molar-refractivity contribution is 5.45. The Morgan fingerprint density at radius 2 is 1.84 bits per heavy atom. The van der Waals surface area contributed by atoms with Crippen LogP contribution in [0.2, 0.25) is 0 Å². The minimum absolute atomic E-state index is 0.791. The van der Waals surface area contributed by atoms with Crippen LogP contribution in [0.25, 0.3) is 5.82 Å². The highest BCUT2D eigenvalue weighted by Gasteiger charge is 2.14. The molecule has 0 atom stereocenters. The van der Waals surface area contributed by atoms with Crippen molar-refractivity contribution < 1.29 is 0 Å². The van der Waals surface area contributed by atoms with E-state index in [0.29, 0.717) is 0 Å². The summed E-state index contributed by atoms with van der Waals surface area (Å²) >= 11 is 0. The first-order valence-corrected chi connectivity index (χ1v) is 6.56. The van der Waals surface area contributed by atoms with Gasteiger partial charge in [-0.3, -0.25) is 4.57 Å². The molecule has 1 N–H and O–H groups in total. The van der Waals surface area contributed by atoms with Crippen LogP contribution in [0.15, 0.2) is 18.5 Å². The molecule has 0 amide bonds. The third-order valence-corrected chi connectivity index (χ3v) is 3.32. The van der Waals surface area contributed by atoms with Gasteiger partial charge in [0.15, 0.2) is 0 Å². The lowest BCUT2D eigenvalue weighted by atomic mass is 10.3. The number of rotatable bonds is 2. The molecule has 6 nitrogen and oxygen atoms in total. The maximum Gasteiger partial charge on any atom is 0.143 e. The number of anilines is 1. The molecule has 2 aromatic rings. The number of hydrogen-bond acceptors (Lipinski definition) is 5. The summed E-state index contributed by atoms with van der Waals surface area (Å²) in [5, 5.41) is 3.35. The zero-order valence-electron chi connectivity index (χ0n) is 11.3. The second-order valence-corrected chi connectivity index (χ2v) is 4.71. The zero-order chi connectivity index (χ0) is 13.2. The molecule has 0 spiro atoms. The van der Waals surface area contributed by atoms with E-state index in [9.17, 15) is 0 Å². The van der Waals surface area contributed by atoms with Gasteiger partial charge in [-0.2, -0.15) is 0 Å². The Balaban J connectivity index is 1.98. The van der Waals surface area contributed by atoms with E-state index in [1.807, 2.05) is 30.7 Å². The van der Waals surface area contributed by atoms with Gasteiger partial charge in [-0.1, -0.05) is 0 Å². The summed E-state index contributed by atoms with van der Waals surface area (Å²) < 4.78 is 1.99. The second-order valence-electron chi connectivity index (χ2n) is 4.71. The smallest absolute Gasteiger partial charge is 0.143 e. The standard InChI is InChI=1S/C13H18N6/c1-10-16-12(18-6-3-14-4-7-18)9-13(17-10)19-8-5-15-11(19)2/h5,8-9,14H,3-4,6-7H2,1-2H3. The summed E-state index contributed by atoms with van der Waals surface area (Å²) in [6, 6.07) is 2.03. The third kappa shape index (κ3) is 2.44. The lowest BCUT2D eigenvalue weighted by Gasteiger charge is -2.28. The number of aromatic nitrogens is 4. The Kier molecular flexibility index (Phi) is 3.16. The van der Waals surface area contributed by atoms with Gasteiger partial charge in [-0.25, -0.2) is 15.0 Å². The Hall–Kier alpha value is -1.95. The number of nitrogens with zero attached hydrogens (tertiary/aromatic N) is 5. The minimum Gasteiger partial charge on any atom is -0.354 e. The van der Waals surface area contributed by atoms with Crippen molar-refractivity contribution in [3.05, 3.63) is 30.1 Å². The van der Waals surface area contributed by atoms with E-state index >= 15 is 0 Å². The molecule has 19 heavy (non-hydrogen) atoms. The average Bonchev–Trinajstić information content (AvgIpc) is 2.85. The summed E-state index contributed by atoms with van der Waals surface area (Å²) in [7, 11) is 0. The third-order valence-electron chi connectivity index (χ3n) is 3.32. The van der Waals surface area contributed by atoms with Gasteiger partial charge in [0.1, 0.15) is 23.3 Å². The average molecular weight is 258 g/mol. The molecule has 3 rings (SSSR count). The largest absolute Gasteiger partial charge is 0.354 e. The van der Waals surface area contributed by atoms with Gasteiger partial charge in [-0.05, 0) is 13.8 Å². The predicted molar refractivity (Wildman–Crippen MR) is 73.7 cm³/mol. The van der Waals surface area contributed by atoms with E-state index in [1.54, 1.807) is 6.20 Å². The molecule has 3 heterocycles. The highest BCUT2D eigenvalue weighted by atomic mass is 15.2. The van der Waals surface area contributed by atoms with Crippen molar-refractivity contribution in [1.82, 2.24) is 24.8 Å². The van der Waals surface area contributed by atoms with Gasteiger partial charge in [0, 0.05) is 44.6 Å². The molecule has 1 fully saturated rings. The lowest BCUT2D eigenvalue weighted by Crippen LogP contribution is -2.44. The lowest BCUT2D eigenvalue weighted by molar-refractivity contribution is 0.583. The molecule has 1 aliphatic rings. The van der Waals surface area contributed by atoms with E-state index in [4.69, 9.17) is 0 Å². The van der Waals surface area contributed by atoms with Crippen molar-refractivity contribution in [1.29, 1.82) is 0 Å². The Labute approximate surface area is 112 Å². The number of piperazine rings is 1. The summed E-state index contributed by atoms with van der Waals surface area (Å²) in [6.07, 6.45) is 3.72. The summed E-state index contributed by atoms with van der Waals surface area (Å²) in [6.45, 7) is 7.88. The molecule has 1 saturated heterocycles. The van der Waals surface area contributed by atoms with Gasteiger partial charge >= 0.3 is 0 Å². The Bertz CT molecular complexity index is 570. The quantitative estimate of drug-likeness (QED) is 0.859. The number of imidazole rings is 1. The Morgan fingerprint density at radius 1 is 1.11 bits per heavy atom. The molecular weight excluding hydrogens is 240 g/mol. The van der Waals surface area contributed by atoms with Crippen molar-refractivity contribution in [2.24, 2.45) is 0 Å². The van der Waals surface area contributed by atoms with Crippen LogP contribution in [0.1, 0.15) is 11.6 Å². The van der Waals surface area contributed by atoms with E-state index in [-0.39, 0.29) is 0 Å². The molecule has 0 unspecified atom stereocenters. The summed E-state index contributed by atoms with van der Waals surface area (Å²) in [5.74, 6) is 3.61. The van der Waals surface area contributed by atoms with Crippen molar-refractivity contribution in [3.63, 3.8) is 0 Å². The predicted octanol–water partition coefficient (Wildman–Crippen LogP) is 0.689. The summed E-state index contributed by atoms with van der Waals surface area (Å²) in [4.78, 5) is 15.6. The molecule has 0 aromatic carbocycles. The normalized spacial score (nSPS) is 15.8. The van der Waals surface area contributed by atoms with E-state index in [0.717, 1.165) is 49.5 Å². The van der Waals surface area contributed by atoms with Crippen LogP contribution in [0.4, 0.5) is 5.82 Å². The first-order chi connectivity index (χ1) is 9.24. The second kappa shape index (κ2) is 4.97. The fourth-order valence-electron chi connectivity index (χ4n) is 2.34. The fraction of sp³-hybridized carbons (Fsp3) is 0.462. The zero-order valence-corrected chi connectivity index (χ0v) is 11.3. The molecule has 100 valence electrons. The molecule has 0 saturated carbocycles. The maximum atomic E-state index is 4.55. The van der Waals surface area contributed by atoms with Crippen LogP contribution in [-0.2, 0) is 0 Å². The molecule has 1 aliphatic heterocycles. The number of aryl methyl sites for hydroxylation is 2. The monoisotopic (exact) mass is 258 g/mol. The van der Waals surface area contributed by atoms with Gasteiger partial charge in [-0.15, -0.1) is 0 Å². The molecule has 6 heteroatoms. The van der Waals surface area contributed by atoms with Crippen LogP contribution in [-0.4, -0.2) is 45.7 Å². The molecular formula is C13H18N6. The molecule has 0 radical (unpaired) electrons. The topological polar surface area (TPSA) is 58.9 Å². The van der Waals surface area contributed by atoms with Gasteiger partial charge in [0.25, 0.3) is 0 Å². The van der Waals surface area contributed by atoms with Crippen LogP contribution in [0, 0.1) is 13.8 Å². The fourth-order valence-corrected chi connectivity index (χ4v) is 2.34. The van der Waals surface area contributed by atoms with Crippen molar-refractivity contribution >= 4 is 5.82 Å². The molecule has 0 aliphatic carbocycles. The molecule has 0 bridgehead atoms. The Morgan fingerprint density at radius 3 is 2.53 bits per heavy atom. The van der Waals surface area contributed by atoms with Crippen molar-refractivity contribution in [3.8, 4) is 5.82 Å². The minimum atomic E-state index is 0.791. The number of nitrogens with one attached hydrogen (secondary N) is 1. The maximum absolute atomic E-state index is 4.55. The molecule has 2 aromatic heterocycles. The van der Waals surface area contributed by atoms with Gasteiger partial charge < -0.3 is 10.2 Å². The first kappa shape index (κ1) is 12.1. The summed E-state index contributed by atoms with van der Waals surface area (Å²) in [5.41, 5.74) is 0. The number of hydrogen-bond donors (Lipinski definition) is 1. The highest BCUT2D eigenvalue weighted by Crippen LogP contribution is 2.16. The van der Waals surface area contributed by atoms with Crippen LogP contribution in [0.3, 0.4) is 0 Å². The van der Waals surface area contributed by atoms with Crippen LogP contribution >= 0.6 is 0 Å². The first-order valence-electron chi connectivity index (χ1n) is 6.56. The van der Waals surface area contributed by atoms with E-state index < -0.39 is 0 Å². The van der Waals surface area contributed by atoms with E-state index in [1.165, 1.54) is 0 Å². The van der Waals surface area contributed by atoms with E-state index in [2.05, 4.69) is 25.2 Å². The van der Waals surface area contributed by atoms with Crippen LogP contribution < -0.4 is 10.2 Å². The van der Waals surface area contributed by atoms with Crippen LogP contribution in [0.5, 0.6) is 0 Å². The van der Waals surface area contributed by atoms with Gasteiger partial charge in [0.2, 0.25) is 0 Å².